The second-order valence-electron chi connectivity index (χ2n) is 6.74. The molecule has 4 rings (SSSR count). The van der Waals surface area contributed by atoms with Crippen molar-refractivity contribution >= 4 is 52.5 Å². The molecule has 4 aromatic rings. The first kappa shape index (κ1) is 22.2. The summed E-state index contributed by atoms with van der Waals surface area (Å²) in [7, 11) is 0. The van der Waals surface area contributed by atoms with Gasteiger partial charge in [0.25, 0.3) is 11.8 Å². The lowest BCUT2D eigenvalue weighted by Gasteiger charge is -2.12. The molecule has 0 saturated heterocycles. The number of benzene rings is 3. The van der Waals surface area contributed by atoms with Crippen LogP contribution in [-0.2, 0) is 0 Å². The molecular formula is C23H15Cl2N5O3. The number of carbonyl (C=O) groups excluding carboxylic acids is 2. The topological polar surface area (TPSA) is 106 Å². The normalized spacial score (nSPS) is 10.5. The molecule has 0 aliphatic carbocycles. The summed E-state index contributed by atoms with van der Waals surface area (Å²) in [4.78, 5) is 42.7. The molecule has 1 aromatic heterocycles. The second kappa shape index (κ2) is 9.64. The number of aromatic nitrogens is 3. The highest BCUT2D eigenvalue weighted by atomic mass is 35.5. The smallest absolute Gasteiger partial charge is 0.317 e. The van der Waals surface area contributed by atoms with Gasteiger partial charge < -0.3 is 10.6 Å². The van der Waals surface area contributed by atoms with Crippen LogP contribution >= 0.6 is 23.2 Å². The largest absolute Gasteiger partial charge is 0.322 e. The van der Waals surface area contributed by atoms with Gasteiger partial charge in [0.1, 0.15) is 0 Å². The fraction of sp³-hybridized carbons (Fsp3) is 0. The van der Waals surface area contributed by atoms with Crippen molar-refractivity contribution in [2.24, 2.45) is 0 Å². The van der Waals surface area contributed by atoms with Crippen molar-refractivity contribution in [1.82, 2.24) is 14.8 Å². The third-order valence-electron chi connectivity index (χ3n) is 4.47. The standard InChI is InChI=1S/C23H15Cl2N5O3/c24-16-11-12-18(17(25)13-16)26-23-28-19(27-20(31)14-7-3-1-4-8-14)22(33)30(29-23)21(32)15-9-5-2-6-10-15/h1-13H,(H2,26,27,28,29,31). The van der Waals surface area contributed by atoms with Gasteiger partial charge in [0, 0.05) is 16.1 Å². The molecule has 2 N–H and O–H groups in total. The van der Waals surface area contributed by atoms with Crippen molar-refractivity contribution in [2.75, 3.05) is 10.6 Å². The Labute approximate surface area is 197 Å². The molecule has 1 heterocycles. The second-order valence-corrected chi connectivity index (χ2v) is 7.59. The number of hydrogen-bond acceptors (Lipinski definition) is 6. The van der Waals surface area contributed by atoms with Crippen LogP contribution < -0.4 is 16.2 Å². The summed E-state index contributed by atoms with van der Waals surface area (Å²) in [6.07, 6.45) is 0. The summed E-state index contributed by atoms with van der Waals surface area (Å²) in [5.74, 6) is -1.77. The van der Waals surface area contributed by atoms with E-state index in [9.17, 15) is 14.4 Å². The van der Waals surface area contributed by atoms with Crippen molar-refractivity contribution in [1.29, 1.82) is 0 Å². The van der Waals surface area contributed by atoms with Gasteiger partial charge in [0.15, 0.2) is 0 Å². The fourth-order valence-corrected chi connectivity index (χ4v) is 3.33. The van der Waals surface area contributed by atoms with Crippen LogP contribution in [-0.4, -0.2) is 26.6 Å². The summed E-state index contributed by atoms with van der Waals surface area (Å²) in [6, 6.07) is 21.1. The Hall–Kier alpha value is -4.01. The molecule has 0 unspecified atom stereocenters. The van der Waals surface area contributed by atoms with Crippen LogP contribution in [0.1, 0.15) is 20.7 Å². The van der Waals surface area contributed by atoms with Crippen LogP contribution in [0, 0.1) is 0 Å². The Bertz CT molecular complexity index is 1390. The Morgan fingerprint density at radius 2 is 1.48 bits per heavy atom. The maximum absolute atomic E-state index is 13.0. The van der Waals surface area contributed by atoms with Gasteiger partial charge in [-0.15, -0.1) is 5.10 Å². The van der Waals surface area contributed by atoms with E-state index in [1.165, 1.54) is 6.07 Å². The van der Waals surface area contributed by atoms with E-state index in [4.69, 9.17) is 23.2 Å². The molecule has 164 valence electrons. The van der Waals surface area contributed by atoms with Gasteiger partial charge in [-0.2, -0.15) is 9.67 Å². The first-order valence-corrected chi connectivity index (χ1v) is 10.4. The van der Waals surface area contributed by atoms with Crippen LogP contribution in [0.5, 0.6) is 0 Å². The van der Waals surface area contributed by atoms with Crippen molar-refractivity contribution in [3.63, 3.8) is 0 Å². The average molecular weight is 480 g/mol. The van der Waals surface area contributed by atoms with Crippen LogP contribution in [0.3, 0.4) is 0 Å². The minimum Gasteiger partial charge on any atom is -0.322 e. The number of nitrogens with one attached hydrogen (secondary N) is 2. The zero-order chi connectivity index (χ0) is 23.4. The third-order valence-corrected chi connectivity index (χ3v) is 5.01. The first-order valence-electron chi connectivity index (χ1n) is 9.62. The number of anilines is 3. The summed E-state index contributed by atoms with van der Waals surface area (Å²) in [5, 5.41) is 10.0. The highest BCUT2D eigenvalue weighted by Gasteiger charge is 2.20. The van der Waals surface area contributed by atoms with E-state index >= 15 is 0 Å². The Balaban J connectivity index is 1.77. The van der Waals surface area contributed by atoms with Crippen LogP contribution in [0.25, 0.3) is 0 Å². The van der Waals surface area contributed by atoms with Gasteiger partial charge in [-0.25, -0.2) is 0 Å². The molecule has 0 spiro atoms. The zero-order valence-electron chi connectivity index (χ0n) is 16.8. The Morgan fingerprint density at radius 1 is 0.848 bits per heavy atom. The van der Waals surface area contributed by atoms with Gasteiger partial charge in [-0.05, 0) is 42.5 Å². The third kappa shape index (κ3) is 5.08. The lowest BCUT2D eigenvalue weighted by molar-refractivity contribution is 0.0937. The van der Waals surface area contributed by atoms with Crippen molar-refractivity contribution in [3.8, 4) is 0 Å². The zero-order valence-corrected chi connectivity index (χ0v) is 18.3. The van der Waals surface area contributed by atoms with E-state index in [0.717, 1.165) is 0 Å². The van der Waals surface area contributed by atoms with Gasteiger partial charge in [0.05, 0.1) is 10.7 Å². The molecule has 1 amide bonds. The highest BCUT2D eigenvalue weighted by Crippen LogP contribution is 2.27. The Morgan fingerprint density at radius 3 is 2.12 bits per heavy atom. The molecule has 10 heteroatoms. The quantitative estimate of drug-likeness (QED) is 0.432. The molecule has 0 atom stereocenters. The molecule has 3 aromatic carbocycles. The number of amides is 1. The van der Waals surface area contributed by atoms with Gasteiger partial charge in [-0.3, -0.25) is 14.4 Å². The molecule has 0 fully saturated rings. The van der Waals surface area contributed by atoms with E-state index < -0.39 is 17.4 Å². The molecule has 0 radical (unpaired) electrons. The monoisotopic (exact) mass is 479 g/mol. The number of carbonyl (C=O) groups is 2. The van der Waals surface area contributed by atoms with Crippen molar-refractivity contribution < 1.29 is 9.59 Å². The SMILES string of the molecule is O=C(Nc1nc(Nc2ccc(Cl)cc2Cl)nn(C(=O)c2ccccc2)c1=O)c1ccccc1. The lowest BCUT2D eigenvalue weighted by atomic mass is 10.2. The molecule has 0 aliphatic rings. The average Bonchev–Trinajstić information content (AvgIpc) is 2.83. The molecular weight excluding hydrogens is 465 g/mol. The number of halogens is 2. The molecule has 33 heavy (non-hydrogen) atoms. The summed E-state index contributed by atoms with van der Waals surface area (Å²) in [5.41, 5.74) is 0.0421. The Kier molecular flexibility index (Phi) is 6.48. The van der Waals surface area contributed by atoms with Gasteiger partial charge in [-0.1, -0.05) is 59.6 Å². The maximum atomic E-state index is 13.0. The molecule has 0 aliphatic heterocycles. The number of rotatable bonds is 5. The predicted molar refractivity (Wildman–Crippen MR) is 127 cm³/mol. The maximum Gasteiger partial charge on any atom is 0.317 e. The molecule has 8 nitrogen and oxygen atoms in total. The van der Waals surface area contributed by atoms with Gasteiger partial charge in [0.2, 0.25) is 11.8 Å². The van der Waals surface area contributed by atoms with E-state index in [1.807, 2.05) is 0 Å². The van der Waals surface area contributed by atoms with E-state index in [2.05, 4.69) is 20.7 Å². The molecule has 0 saturated carbocycles. The van der Waals surface area contributed by atoms with E-state index in [0.29, 0.717) is 21.0 Å². The van der Waals surface area contributed by atoms with E-state index in [1.54, 1.807) is 72.8 Å². The minimum atomic E-state index is -0.888. The number of nitrogens with zero attached hydrogens (tertiary/aromatic N) is 3. The van der Waals surface area contributed by atoms with Crippen LogP contribution in [0.2, 0.25) is 10.0 Å². The van der Waals surface area contributed by atoms with Crippen molar-refractivity contribution in [3.05, 3.63) is 110 Å². The lowest BCUT2D eigenvalue weighted by Crippen LogP contribution is -2.34. The van der Waals surface area contributed by atoms with Gasteiger partial charge >= 0.3 is 5.56 Å². The summed E-state index contributed by atoms with van der Waals surface area (Å²) >= 11 is 12.1. The summed E-state index contributed by atoms with van der Waals surface area (Å²) in [6.45, 7) is 0. The van der Waals surface area contributed by atoms with Crippen LogP contribution in [0.15, 0.2) is 83.7 Å². The van der Waals surface area contributed by atoms with Crippen LogP contribution in [0.4, 0.5) is 17.5 Å². The minimum absolute atomic E-state index is 0.133. The highest BCUT2D eigenvalue weighted by molar-refractivity contribution is 6.36. The summed E-state index contributed by atoms with van der Waals surface area (Å²) < 4.78 is 0.634. The van der Waals surface area contributed by atoms with E-state index in [-0.39, 0.29) is 22.4 Å². The predicted octanol–water partition coefficient (Wildman–Crippen LogP) is 4.63. The molecule has 0 bridgehead atoms. The van der Waals surface area contributed by atoms with Crippen molar-refractivity contribution in [2.45, 2.75) is 0 Å². The fourth-order valence-electron chi connectivity index (χ4n) is 2.87. The first-order chi connectivity index (χ1) is 15.9. The number of hydrogen-bond donors (Lipinski definition) is 2.